The zero-order valence-electron chi connectivity index (χ0n) is 21.9. The molecular weight excluding hydrogens is 452 g/mol. The molecule has 2 aromatic rings. The van der Waals surface area contributed by atoms with Gasteiger partial charge in [-0.2, -0.15) is 0 Å². The lowest BCUT2D eigenvalue weighted by Crippen LogP contribution is -2.32. The molecule has 2 rings (SSSR count). The molecule has 0 bridgehead atoms. The number of ether oxygens (including phenoxy) is 1. The second-order valence-electron chi connectivity index (χ2n) is 7.89. The van der Waals surface area contributed by atoms with Crippen LogP contribution < -0.4 is 10.2 Å². The summed E-state index contributed by atoms with van der Waals surface area (Å²) in [6, 6.07) is 9.54. The summed E-state index contributed by atoms with van der Waals surface area (Å²) in [5, 5.41) is 3.39. The van der Waals surface area contributed by atoms with Crippen LogP contribution in [0, 0.1) is 6.92 Å². The van der Waals surface area contributed by atoms with E-state index in [1.54, 1.807) is 39.1 Å². The Bertz CT molecular complexity index is 1150. The Morgan fingerprint density at radius 1 is 1.22 bits per heavy atom. The third kappa shape index (κ3) is 6.56. The van der Waals surface area contributed by atoms with Gasteiger partial charge in [0.05, 0.1) is 23.4 Å². The molecule has 7 nitrogen and oxygen atoms in total. The summed E-state index contributed by atoms with van der Waals surface area (Å²) in [4.78, 5) is 36.5. The molecule has 190 valence electrons. The van der Waals surface area contributed by atoms with Crippen molar-refractivity contribution in [2.24, 2.45) is 4.99 Å². The maximum atomic E-state index is 13.2. The van der Waals surface area contributed by atoms with Crippen LogP contribution >= 0.6 is 0 Å². The number of hydrogen-bond donors (Lipinski definition) is 1. The van der Waals surface area contributed by atoms with E-state index in [-0.39, 0.29) is 6.61 Å². The third-order valence-corrected chi connectivity index (χ3v) is 5.42. The van der Waals surface area contributed by atoms with Crippen LogP contribution in [0.4, 0.5) is 5.82 Å². The fourth-order valence-corrected chi connectivity index (χ4v) is 3.84. The van der Waals surface area contributed by atoms with E-state index in [0.717, 1.165) is 18.4 Å². The van der Waals surface area contributed by atoms with Crippen molar-refractivity contribution < 1.29 is 14.3 Å². The van der Waals surface area contributed by atoms with Crippen molar-refractivity contribution in [3.8, 4) is 11.1 Å². The molecule has 36 heavy (non-hydrogen) atoms. The molecule has 0 radical (unpaired) electrons. The Balaban J connectivity index is 3.07. The summed E-state index contributed by atoms with van der Waals surface area (Å²) in [5.74, 6) is 0.400. The first-order valence-electron chi connectivity index (χ1n) is 12.2. The van der Waals surface area contributed by atoms with Crippen LogP contribution in [0.25, 0.3) is 11.1 Å². The van der Waals surface area contributed by atoms with Crippen LogP contribution in [0.1, 0.15) is 55.2 Å². The average molecular weight is 489 g/mol. The fourth-order valence-electron chi connectivity index (χ4n) is 3.84. The number of nitrogens with zero attached hydrogens (tertiary/aromatic N) is 3. The van der Waals surface area contributed by atoms with Gasteiger partial charge in [0.2, 0.25) is 6.41 Å². The molecule has 1 aromatic carbocycles. The Morgan fingerprint density at radius 2 is 1.94 bits per heavy atom. The van der Waals surface area contributed by atoms with Gasteiger partial charge >= 0.3 is 5.97 Å². The number of esters is 1. The highest BCUT2D eigenvalue weighted by Gasteiger charge is 2.30. The minimum atomic E-state index is -0.480. The van der Waals surface area contributed by atoms with Gasteiger partial charge in [0.25, 0.3) is 0 Å². The Kier molecular flexibility index (Phi) is 11.3. The molecule has 0 spiro atoms. The lowest BCUT2D eigenvalue weighted by molar-refractivity contribution is -0.107. The summed E-state index contributed by atoms with van der Waals surface area (Å²) in [6.07, 6.45) is 9.59. The van der Waals surface area contributed by atoms with Gasteiger partial charge in [0, 0.05) is 24.9 Å². The van der Waals surface area contributed by atoms with Gasteiger partial charge in [0.1, 0.15) is 5.84 Å². The van der Waals surface area contributed by atoms with E-state index < -0.39 is 5.97 Å². The molecule has 1 amide bonds. The van der Waals surface area contributed by atoms with Crippen molar-refractivity contribution in [1.29, 1.82) is 0 Å². The monoisotopic (exact) mass is 488 g/mol. The minimum absolute atomic E-state index is 0.223. The summed E-state index contributed by atoms with van der Waals surface area (Å²) >= 11 is 0. The Labute approximate surface area is 214 Å². The quantitative estimate of drug-likeness (QED) is 0.105. The van der Waals surface area contributed by atoms with Crippen LogP contribution in [-0.2, 0) is 9.53 Å². The number of unbranched alkanes of at least 4 members (excludes halogenated alkanes) is 1. The van der Waals surface area contributed by atoms with Crippen LogP contribution in [0.2, 0.25) is 0 Å². The molecule has 0 aliphatic rings. The molecule has 0 saturated carbocycles. The highest BCUT2D eigenvalue weighted by atomic mass is 16.5. The first kappa shape index (κ1) is 28.2. The van der Waals surface area contributed by atoms with Crippen LogP contribution in [-0.4, -0.2) is 43.4 Å². The summed E-state index contributed by atoms with van der Waals surface area (Å²) in [5.41, 5.74) is 3.28. The van der Waals surface area contributed by atoms with Crippen LogP contribution in [0.15, 0.2) is 71.9 Å². The van der Waals surface area contributed by atoms with E-state index in [2.05, 4.69) is 23.8 Å². The van der Waals surface area contributed by atoms with Crippen molar-refractivity contribution in [3.63, 3.8) is 0 Å². The van der Waals surface area contributed by atoms with E-state index in [0.29, 0.717) is 52.7 Å². The van der Waals surface area contributed by atoms with Gasteiger partial charge in [-0.05, 0) is 44.9 Å². The molecule has 1 heterocycles. The largest absolute Gasteiger partial charge is 0.462 e. The normalized spacial score (nSPS) is 11.9. The van der Waals surface area contributed by atoms with Gasteiger partial charge < -0.3 is 10.1 Å². The lowest BCUT2D eigenvalue weighted by Gasteiger charge is -2.26. The number of allylic oxidation sites excluding steroid dienone is 4. The second kappa shape index (κ2) is 14.4. The Hall–Kier alpha value is -4.00. The topological polar surface area (TPSA) is 83.9 Å². The zero-order valence-corrected chi connectivity index (χ0v) is 21.9. The molecule has 0 fully saturated rings. The number of amides is 1. The van der Waals surface area contributed by atoms with E-state index in [1.807, 2.05) is 43.3 Å². The predicted octanol–water partition coefficient (Wildman–Crippen LogP) is 5.61. The zero-order chi connectivity index (χ0) is 26.5. The van der Waals surface area contributed by atoms with Crippen molar-refractivity contribution in [2.45, 2.75) is 40.5 Å². The van der Waals surface area contributed by atoms with Gasteiger partial charge in [-0.1, -0.05) is 62.4 Å². The van der Waals surface area contributed by atoms with Crippen molar-refractivity contribution in [3.05, 3.63) is 83.7 Å². The number of carbonyl (C=O) groups is 2. The molecule has 7 heteroatoms. The van der Waals surface area contributed by atoms with E-state index in [9.17, 15) is 9.59 Å². The predicted molar refractivity (Wildman–Crippen MR) is 147 cm³/mol. The number of carbonyl (C=O) groups excluding carboxylic acids is 2. The number of aryl methyl sites for hydroxylation is 1. The molecule has 0 aliphatic heterocycles. The van der Waals surface area contributed by atoms with Crippen molar-refractivity contribution >= 4 is 24.0 Å². The number of aromatic nitrogens is 1. The molecule has 0 saturated heterocycles. The maximum Gasteiger partial charge on any atom is 0.340 e. The van der Waals surface area contributed by atoms with E-state index >= 15 is 0 Å². The fraction of sp³-hybridized carbons (Fsp3) is 0.310. The third-order valence-electron chi connectivity index (χ3n) is 5.42. The first-order chi connectivity index (χ1) is 17.5. The van der Waals surface area contributed by atoms with Crippen molar-refractivity contribution in [2.75, 3.05) is 25.1 Å². The SMILES string of the molecule is C=C/C=C(\C=C/C)N(C=O)c1nc(C)c(C(=O)OCC)c(-c2ccccc2)c1C(=NC)NCCCC. The average Bonchev–Trinajstić information content (AvgIpc) is 2.88. The number of nitrogens with one attached hydrogen (secondary N) is 1. The molecule has 1 N–H and O–H groups in total. The smallest absolute Gasteiger partial charge is 0.340 e. The first-order valence-corrected chi connectivity index (χ1v) is 12.2. The Morgan fingerprint density at radius 3 is 2.50 bits per heavy atom. The highest BCUT2D eigenvalue weighted by molar-refractivity contribution is 6.14. The summed E-state index contributed by atoms with van der Waals surface area (Å²) < 4.78 is 5.43. The second-order valence-corrected chi connectivity index (χ2v) is 7.89. The van der Waals surface area contributed by atoms with Crippen molar-refractivity contribution in [1.82, 2.24) is 10.3 Å². The number of amidine groups is 1. The van der Waals surface area contributed by atoms with E-state index in [4.69, 9.17) is 9.72 Å². The molecule has 0 aliphatic carbocycles. The van der Waals surface area contributed by atoms with Gasteiger partial charge in [-0.25, -0.2) is 9.78 Å². The molecule has 0 unspecified atom stereocenters. The number of pyridine rings is 1. The van der Waals surface area contributed by atoms with E-state index in [1.165, 1.54) is 4.90 Å². The lowest BCUT2D eigenvalue weighted by atomic mass is 9.92. The number of hydrogen-bond acceptors (Lipinski definition) is 5. The number of rotatable bonds is 12. The number of benzene rings is 1. The van der Waals surface area contributed by atoms with Gasteiger partial charge in [-0.15, -0.1) is 0 Å². The summed E-state index contributed by atoms with van der Waals surface area (Å²) in [6.45, 7) is 12.2. The number of aliphatic imine (C=N–C) groups is 1. The van der Waals surface area contributed by atoms with Crippen LogP contribution in [0.5, 0.6) is 0 Å². The molecule has 1 aromatic heterocycles. The maximum absolute atomic E-state index is 13.2. The van der Waals surface area contributed by atoms with Crippen LogP contribution in [0.3, 0.4) is 0 Å². The summed E-state index contributed by atoms with van der Waals surface area (Å²) in [7, 11) is 1.68. The number of anilines is 1. The molecular formula is C29H36N4O3. The highest BCUT2D eigenvalue weighted by Crippen LogP contribution is 2.36. The standard InChI is InChI=1S/C29H36N4O3/c1-7-11-19-31-27(30-6)26-25(22-17-13-12-14-18-22)24(29(35)36-10-4)21(5)32-28(26)33(20-34)23(15-8-2)16-9-3/h8-9,12-18,20H,2,7,10-11,19H2,1,3-6H3,(H,30,31)/b16-9-,23-15+. The van der Waals surface area contributed by atoms with Gasteiger partial charge in [0.15, 0.2) is 5.82 Å². The molecule has 0 atom stereocenters. The minimum Gasteiger partial charge on any atom is -0.462 e. The van der Waals surface area contributed by atoms with Gasteiger partial charge in [-0.3, -0.25) is 14.7 Å².